The number of aromatic nitrogens is 2. The fourth-order valence-electron chi connectivity index (χ4n) is 1.38. The monoisotopic (exact) mass is 327 g/mol. The van der Waals surface area contributed by atoms with Crippen molar-refractivity contribution in [3.05, 3.63) is 34.7 Å². The van der Waals surface area contributed by atoms with Gasteiger partial charge in [0.15, 0.2) is 5.82 Å². The van der Waals surface area contributed by atoms with E-state index in [9.17, 15) is 4.39 Å². The first kappa shape index (κ1) is 13.5. The number of nitrogens with zero attached hydrogens (tertiary/aromatic N) is 2. The molecule has 0 saturated carbocycles. The molecule has 19 heavy (non-hydrogen) atoms. The van der Waals surface area contributed by atoms with Gasteiger partial charge < -0.3 is 10.1 Å². The molecular weight excluding hydrogens is 317 g/mol. The third-order valence-electron chi connectivity index (χ3n) is 2.30. The summed E-state index contributed by atoms with van der Waals surface area (Å²) in [4.78, 5) is 7.97. The van der Waals surface area contributed by atoms with Gasteiger partial charge >= 0.3 is 0 Å². The molecule has 0 aliphatic carbocycles. The fourth-order valence-corrected chi connectivity index (χ4v) is 1.67. The summed E-state index contributed by atoms with van der Waals surface area (Å²) in [7, 11) is 1.51. The number of halogens is 2. The van der Waals surface area contributed by atoms with Crippen molar-refractivity contribution < 1.29 is 9.13 Å². The van der Waals surface area contributed by atoms with E-state index in [1.807, 2.05) is 0 Å². The summed E-state index contributed by atoms with van der Waals surface area (Å²) in [5.74, 6) is 5.94. The molecule has 0 radical (unpaired) electrons. The van der Waals surface area contributed by atoms with Gasteiger partial charge in [-0.1, -0.05) is 0 Å². The fraction of sp³-hybridized carbons (Fsp3) is 0.0909. The van der Waals surface area contributed by atoms with Crippen LogP contribution in [0.3, 0.4) is 0 Å². The lowest BCUT2D eigenvalue weighted by molar-refractivity contribution is 0.414. The summed E-state index contributed by atoms with van der Waals surface area (Å²) in [5.41, 5.74) is 2.55. The van der Waals surface area contributed by atoms with Gasteiger partial charge in [0.1, 0.15) is 11.6 Å². The predicted octanol–water partition coefficient (Wildman–Crippen LogP) is 2.42. The zero-order chi connectivity index (χ0) is 13.8. The zero-order valence-corrected chi connectivity index (χ0v) is 11.5. The summed E-state index contributed by atoms with van der Waals surface area (Å²) in [6.45, 7) is 0. The highest BCUT2D eigenvalue weighted by molar-refractivity contribution is 9.10. The molecule has 0 aliphatic rings. The van der Waals surface area contributed by atoms with Crippen LogP contribution in [0.1, 0.15) is 0 Å². The van der Waals surface area contributed by atoms with E-state index in [1.54, 1.807) is 0 Å². The summed E-state index contributed by atoms with van der Waals surface area (Å²) in [6, 6.07) is 4.36. The summed E-state index contributed by atoms with van der Waals surface area (Å²) in [5, 5.41) is 2.84. The molecule has 0 fully saturated rings. The van der Waals surface area contributed by atoms with Gasteiger partial charge in [-0.15, -0.1) is 0 Å². The second kappa shape index (κ2) is 5.81. The average molecular weight is 328 g/mol. The maximum Gasteiger partial charge on any atom is 0.239 e. The van der Waals surface area contributed by atoms with Crippen molar-refractivity contribution in [1.82, 2.24) is 9.97 Å². The van der Waals surface area contributed by atoms with Crippen molar-refractivity contribution in [3.63, 3.8) is 0 Å². The SMILES string of the molecule is COc1ccc(F)c(Nc2nc(NN)ncc2Br)c1. The Morgan fingerprint density at radius 2 is 2.21 bits per heavy atom. The molecule has 1 aromatic carbocycles. The highest BCUT2D eigenvalue weighted by Crippen LogP contribution is 2.28. The van der Waals surface area contributed by atoms with Crippen molar-refractivity contribution >= 4 is 33.4 Å². The molecular formula is C11H11BrFN5O. The number of nitrogen functional groups attached to an aromatic ring is 1. The molecule has 0 amide bonds. The van der Waals surface area contributed by atoms with Crippen LogP contribution >= 0.6 is 15.9 Å². The number of nitrogens with one attached hydrogen (secondary N) is 2. The first-order valence-electron chi connectivity index (χ1n) is 5.23. The Labute approximate surface area is 117 Å². The normalized spacial score (nSPS) is 10.1. The van der Waals surface area contributed by atoms with E-state index < -0.39 is 5.82 Å². The Balaban J connectivity index is 2.35. The van der Waals surface area contributed by atoms with E-state index >= 15 is 0 Å². The Hall–Kier alpha value is -1.93. The number of anilines is 3. The van der Waals surface area contributed by atoms with Gasteiger partial charge in [0.05, 0.1) is 17.3 Å². The molecule has 0 bridgehead atoms. The number of hydrogen-bond donors (Lipinski definition) is 3. The number of benzene rings is 1. The quantitative estimate of drug-likeness (QED) is 0.590. The number of nitrogens with two attached hydrogens (primary N) is 1. The van der Waals surface area contributed by atoms with Gasteiger partial charge in [0.2, 0.25) is 5.95 Å². The van der Waals surface area contributed by atoms with Crippen LogP contribution in [-0.2, 0) is 0 Å². The lowest BCUT2D eigenvalue weighted by atomic mass is 10.3. The minimum atomic E-state index is -0.423. The molecule has 1 heterocycles. The average Bonchev–Trinajstić information content (AvgIpc) is 2.43. The summed E-state index contributed by atoms with van der Waals surface area (Å²) < 4.78 is 19.3. The second-order valence-electron chi connectivity index (χ2n) is 3.51. The maximum absolute atomic E-state index is 13.7. The number of hydrazine groups is 1. The minimum absolute atomic E-state index is 0.217. The van der Waals surface area contributed by atoms with Crippen molar-refractivity contribution in [3.8, 4) is 5.75 Å². The van der Waals surface area contributed by atoms with Crippen LogP contribution in [0, 0.1) is 5.82 Å². The predicted molar refractivity (Wildman–Crippen MR) is 73.8 cm³/mol. The molecule has 2 rings (SSSR count). The zero-order valence-electron chi connectivity index (χ0n) is 9.95. The maximum atomic E-state index is 13.7. The molecule has 2 aromatic rings. The van der Waals surface area contributed by atoms with Crippen LogP contribution < -0.4 is 21.3 Å². The summed E-state index contributed by atoms with van der Waals surface area (Å²) >= 11 is 3.27. The Morgan fingerprint density at radius 3 is 2.89 bits per heavy atom. The van der Waals surface area contributed by atoms with Crippen LogP contribution in [0.2, 0.25) is 0 Å². The second-order valence-corrected chi connectivity index (χ2v) is 4.36. The topological polar surface area (TPSA) is 85.1 Å². The van der Waals surface area contributed by atoms with Gasteiger partial charge in [-0.25, -0.2) is 15.2 Å². The van der Waals surface area contributed by atoms with E-state index in [0.717, 1.165) is 0 Å². The minimum Gasteiger partial charge on any atom is -0.497 e. The molecule has 0 spiro atoms. The lowest BCUT2D eigenvalue weighted by Gasteiger charge is -2.10. The first-order chi connectivity index (χ1) is 9.13. The van der Waals surface area contributed by atoms with Crippen molar-refractivity contribution in [2.45, 2.75) is 0 Å². The molecule has 0 saturated heterocycles. The third-order valence-corrected chi connectivity index (χ3v) is 2.88. The standard InChI is InChI=1S/C11H11BrFN5O/c1-19-6-2-3-8(13)9(4-6)16-10-7(12)5-15-11(17-10)18-14/h2-5H,14H2,1H3,(H2,15,16,17,18). The van der Waals surface area contributed by atoms with Gasteiger partial charge in [0.25, 0.3) is 0 Å². The van der Waals surface area contributed by atoms with E-state index in [-0.39, 0.29) is 11.6 Å². The van der Waals surface area contributed by atoms with Crippen LogP contribution in [0.25, 0.3) is 0 Å². The molecule has 100 valence electrons. The molecule has 0 unspecified atom stereocenters. The van der Waals surface area contributed by atoms with Crippen LogP contribution in [-0.4, -0.2) is 17.1 Å². The Bertz CT molecular complexity index is 544. The number of hydrogen-bond acceptors (Lipinski definition) is 6. The van der Waals surface area contributed by atoms with Crippen molar-refractivity contribution in [1.29, 1.82) is 0 Å². The van der Waals surface area contributed by atoms with Crippen molar-refractivity contribution in [2.75, 3.05) is 17.9 Å². The van der Waals surface area contributed by atoms with E-state index in [0.29, 0.717) is 16.0 Å². The smallest absolute Gasteiger partial charge is 0.239 e. The number of rotatable bonds is 4. The van der Waals surface area contributed by atoms with E-state index in [4.69, 9.17) is 10.6 Å². The van der Waals surface area contributed by atoms with Crippen LogP contribution in [0.5, 0.6) is 5.75 Å². The molecule has 4 N–H and O–H groups in total. The van der Waals surface area contributed by atoms with E-state index in [2.05, 4.69) is 36.6 Å². The van der Waals surface area contributed by atoms with Gasteiger partial charge in [0, 0.05) is 12.3 Å². The van der Waals surface area contributed by atoms with Crippen molar-refractivity contribution in [2.24, 2.45) is 5.84 Å². The molecule has 1 aromatic heterocycles. The highest BCUT2D eigenvalue weighted by Gasteiger charge is 2.09. The Morgan fingerprint density at radius 1 is 1.42 bits per heavy atom. The number of methoxy groups -OCH3 is 1. The summed E-state index contributed by atoms with van der Waals surface area (Å²) in [6.07, 6.45) is 1.50. The van der Waals surface area contributed by atoms with Crippen LogP contribution in [0.15, 0.2) is 28.9 Å². The van der Waals surface area contributed by atoms with Gasteiger partial charge in [-0.3, -0.25) is 5.43 Å². The van der Waals surface area contributed by atoms with E-state index in [1.165, 1.54) is 31.5 Å². The molecule has 6 nitrogen and oxygen atoms in total. The van der Waals surface area contributed by atoms with Gasteiger partial charge in [-0.2, -0.15) is 4.98 Å². The number of ether oxygens (including phenoxy) is 1. The lowest BCUT2D eigenvalue weighted by Crippen LogP contribution is -2.11. The third kappa shape index (κ3) is 3.09. The van der Waals surface area contributed by atoms with Gasteiger partial charge in [-0.05, 0) is 28.1 Å². The molecule has 8 heteroatoms. The molecule has 0 aliphatic heterocycles. The largest absolute Gasteiger partial charge is 0.497 e. The van der Waals surface area contributed by atoms with Crippen LogP contribution in [0.4, 0.5) is 21.8 Å². The highest BCUT2D eigenvalue weighted by atomic mass is 79.9. The Kier molecular flexibility index (Phi) is 4.13. The molecule has 0 atom stereocenters. The first-order valence-corrected chi connectivity index (χ1v) is 6.03.